The van der Waals surface area contributed by atoms with Crippen LogP contribution in [-0.4, -0.2) is 22.6 Å². The molecule has 0 spiro atoms. The van der Waals surface area contributed by atoms with E-state index >= 15 is 0 Å². The van der Waals surface area contributed by atoms with E-state index in [-0.39, 0.29) is 12.4 Å². The van der Waals surface area contributed by atoms with E-state index in [0.29, 0.717) is 5.69 Å². The Morgan fingerprint density at radius 1 is 1.62 bits per heavy atom. The molecule has 0 unspecified atom stereocenters. The number of hydrogen-bond acceptors (Lipinski definition) is 3. The Labute approximate surface area is 82.7 Å². The number of carbonyl (C=O) groups is 1. The van der Waals surface area contributed by atoms with Gasteiger partial charge in [-0.1, -0.05) is 0 Å². The number of nitrogens with zero attached hydrogens (tertiary/aromatic N) is 2. The first-order chi connectivity index (χ1) is 5.90. The maximum atomic E-state index is 10.4. The number of hydrogen-bond donors (Lipinski definition) is 1. The van der Waals surface area contributed by atoms with Gasteiger partial charge in [0.2, 0.25) is 0 Å². The Balaban J connectivity index is 0.000000845. The fourth-order valence-electron chi connectivity index (χ4n) is 1.44. The summed E-state index contributed by atoms with van der Waals surface area (Å²) in [7, 11) is 0. The van der Waals surface area contributed by atoms with Crippen LogP contribution < -0.4 is 5.32 Å². The molecular formula is C8H12ClN3O. The standard InChI is InChI=1S/C8H11N3O.ClH/c12-6-7-4-8-5-9-2-1-3-11(8)10-7;/h4,6,9H,1-3,5H2;1H. The SMILES string of the molecule is Cl.O=Cc1cc2n(n1)CCCNC2. The van der Waals surface area contributed by atoms with E-state index in [0.717, 1.165) is 38.0 Å². The smallest absolute Gasteiger partial charge is 0.170 e. The lowest BCUT2D eigenvalue weighted by molar-refractivity contribution is 0.111. The van der Waals surface area contributed by atoms with Gasteiger partial charge in [0.05, 0.1) is 5.69 Å². The van der Waals surface area contributed by atoms with E-state index in [1.165, 1.54) is 0 Å². The maximum Gasteiger partial charge on any atom is 0.170 e. The largest absolute Gasteiger partial charge is 0.311 e. The number of fused-ring (bicyclic) bond motifs is 1. The molecule has 0 fully saturated rings. The van der Waals surface area contributed by atoms with E-state index in [4.69, 9.17) is 0 Å². The first-order valence-corrected chi connectivity index (χ1v) is 4.13. The summed E-state index contributed by atoms with van der Waals surface area (Å²) < 4.78 is 1.91. The van der Waals surface area contributed by atoms with Crippen LogP contribution in [0.5, 0.6) is 0 Å². The van der Waals surface area contributed by atoms with Crippen LogP contribution in [0.3, 0.4) is 0 Å². The van der Waals surface area contributed by atoms with Crippen molar-refractivity contribution in [2.75, 3.05) is 6.54 Å². The summed E-state index contributed by atoms with van der Waals surface area (Å²) in [5.74, 6) is 0. The summed E-state index contributed by atoms with van der Waals surface area (Å²) in [5.41, 5.74) is 1.64. The van der Waals surface area contributed by atoms with E-state index < -0.39 is 0 Å². The van der Waals surface area contributed by atoms with Crippen LogP contribution in [0.2, 0.25) is 0 Å². The predicted molar refractivity (Wildman–Crippen MR) is 51.2 cm³/mol. The number of rotatable bonds is 1. The fraction of sp³-hybridized carbons (Fsp3) is 0.500. The third-order valence-corrected chi connectivity index (χ3v) is 2.03. The minimum atomic E-state index is 0. The molecule has 72 valence electrons. The number of aryl methyl sites for hydroxylation is 1. The van der Waals surface area contributed by atoms with Gasteiger partial charge in [-0.05, 0) is 19.0 Å². The Kier molecular flexibility index (Phi) is 3.45. The molecule has 1 aromatic heterocycles. The molecule has 1 N–H and O–H groups in total. The number of halogens is 1. The third-order valence-electron chi connectivity index (χ3n) is 2.03. The second-order valence-corrected chi connectivity index (χ2v) is 2.93. The molecule has 0 bridgehead atoms. The predicted octanol–water partition coefficient (Wildman–Crippen LogP) is 0.611. The fourth-order valence-corrected chi connectivity index (χ4v) is 1.44. The van der Waals surface area contributed by atoms with Crippen LogP contribution in [0.15, 0.2) is 6.07 Å². The van der Waals surface area contributed by atoms with Crippen LogP contribution in [0.1, 0.15) is 22.6 Å². The quantitative estimate of drug-likeness (QED) is 0.678. The number of aldehydes is 1. The lowest BCUT2D eigenvalue weighted by Gasteiger charge is -1.98. The minimum Gasteiger partial charge on any atom is -0.311 e. The monoisotopic (exact) mass is 201 g/mol. The zero-order valence-electron chi connectivity index (χ0n) is 7.19. The Morgan fingerprint density at radius 3 is 3.23 bits per heavy atom. The molecule has 13 heavy (non-hydrogen) atoms. The highest BCUT2D eigenvalue weighted by molar-refractivity contribution is 5.85. The summed E-state index contributed by atoms with van der Waals surface area (Å²) in [5, 5.41) is 7.40. The highest BCUT2D eigenvalue weighted by Gasteiger charge is 2.09. The van der Waals surface area contributed by atoms with Crippen molar-refractivity contribution in [3.8, 4) is 0 Å². The Morgan fingerprint density at radius 2 is 2.46 bits per heavy atom. The van der Waals surface area contributed by atoms with Crippen molar-refractivity contribution in [3.63, 3.8) is 0 Å². The van der Waals surface area contributed by atoms with Gasteiger partial charge < -0.3 is 5.32 Å². The van der Waals surface area contributed by atoms with Crippen LogP contribution >= 0.6 is 12.4 Å². The molecule has 2 rings (SSSR count). The van der Waals surface area contributed by atoms with Crippen LogP contribution in [0.25, 0.3) is 0 Å². The third kappa shape index (κ3) is 2.08. The molecule has 0 amide bonds. The van der Waals surface area contributed by atoms with Gasteiger partial charge in [0, 0.05) is 13.1 Å². The summed E-state index contributed by atoms with van der Waals surface area (Å²) in [6.45, 7) is 2.76. The summed E-state index contributed by atoms with van der Waals surface area (Å²) >= 11 is 0. The first-order valence-electron chi connectivity index (χ1n) is 4.13. The summed E-state index contributed by atoms with van der Waals surface area (Å²) in [6.07, 6.45) is 1.87. The number of carbonyl (C=O) groups excluding carboxylic acids is 1. The van der Waals surface area contributed by atoms with E-state index in [1.54, 1.807) is 0 Å². The van der Waals surface area contributed by atoms with Crippen molar-refractivity contribution in [2.45, 2.75) is 19.5 Å². The van der Waals surface area contributed by atoms with Crippen molar-refractivity contribution in [3.05, 3.63) is 17.5 Å². The van der Waals surface area contributed by atoms with Gasteiger partial charge in [-0.3, -0.25) is 9.48 Å². The summed E-state index contributed by atoms with van der Waals surface area (Å²) in [4.78, 5) is 10.4. The number of nitrogens with one attached hydrogen (secondary N) is 1. The van der Waals surface area contributed by atoms with Gasteiger partial charge in [0.1, 0.15) is 5.69 Å². The second-order valence-electron chi connectivity index (χ2n) is 2.93. The molecule has 1 aliphatic rings. The second kappa shape index (κ2) is 4.39. The molecule has 0 aromatic carbocycles. The molecule has 4 nitrogen and oxygen atoms in total. The number of aromatic nitrogens is 2. The maximum absolute atomic E-state index is 10.4. The van der Waals surface area contributed by atoms with Crippen LogP contribution in [-0.2, 0) is 13.1 Å². The minimum absolute atomic E-state index is 0. The average Bonchev–Trinajstić information content (AvgIpc) is 2.37. The Bertz CT molecular complexity index is 274. The molecule has 0 radical (unpaired) electrons. The molecule has 1 aliphatic heterocycles. The van der Waals surface area contributed by atoms with E-state index in [1.807, 2.05) is 10.7 Å². The van der Waals surface area contributed by atoms with E-state index in [9.17, 15) is 4.79 Å². The molecule has 0 aliphatic carbocycles. The van der Waals surface area contributed by atoms with Gasteiger partial charge in [0.25, 0.3) is 0 Å². The molecule has 0 saturated heterocycles. The highest BCUT2D eigenvalue weighted by atomic mass is 35.5. The molecule has 2 heterocycles. The summed E-state index contributed by atoms with van der Waals surface area (Å²) in [6, 6.07) is 1.84. The van der Waals surface area contributed by atoms with Gasteiger partial charge >= 0.3 is 0 Å². The zero-order valence-corrected chi connectivity index (χ0v) is 8.01. The lowest BCUT2D eigenvalue weighted by atomic mass is 10.3. The zero-order chi connectivity index (χ0) is 8.39. The van der Waals surface area contributed by atoms with Gasteiger partial charge in [-0.25, -0.2) is 0 Å². The molecule has 1 aromatic rings. The van der Waals surface area contributed by atoms with Crippen molar-refractivity contribution in [2.24, 2.45) is 0 Å². The van der Waals surface area contributed by atoms with Crippen molar-refractivity contribution < 1.29 is 4.79 Å². The Hall–Kier alpha value is -0.870. The van der Waals surface area contributed by atoms with Gasteiger partial charge in [-0.2, -0.15) is 5.10 Å². The lowest BCUT2D eigenvalue weighted by Crippen LogP contribution is -2.11. The normalized spacial score (nSPS) is 15.4. The van der Waals surface area contributed by atoms with E-state index in [2.05, 4.69) is 10.4 Å². The van der Waals surface area contributed by atoms with Crippen LogP contribution in [0, 0.1) is 0 Å². The van der Waals surface area contributed by atoms with Crippen molar-refractivity contribution in [1.82, 2.24) is 15.1 Å². The van der Waals surface area contributed by atoms with Gasteiger partial charge in [-0.15, -0.1) is 12.4 Å². The molecule has 5 heteroatoms. The molecular weight excluding hydrogens is 190 g/mol. The van der Waals surface area contributed by atoms with Crippen molar-refractivity contribution >= 4 is 18.7 Å². The van der Waals surface area contributed by atoms with Crippen LogP contribution in [0.4, 0.5) is 0 Å². The van der Waals surface area contributed by atoms with Crippen molar-refractivity contribution in [1.29, 1.82) is 0 Å². The molecule has 0 atom stereocenters. The van der Waals surface area contributed by atoms with Gasteiger partial charge in [0.15, 0.2) is 6.29 Å². The topological polar surface area (TPSA) is 46.9 Å². The first kappa shape index (κ1) is 10.2. The highest BCUT2D eigenvalue weighted by Crippen LogP contribution is 2.06. The molecule has 0 saturated carbocycles. The average molecular weight is 202 g/mol.